The first kappa shape index (κ1) is 13.1. The summed E-state index contributed by atoms with van der Waals surface area (Å²) in [6, 6.07) is 2.48. The maximum atomic E-state index is 11.0. The molecule has 1 aromatic heterocycles. The molecule has 0 amide bonds. The minimum Gasteiger partial charge on any atom is -0.481 e. The number of carboxylic acid groups (broad SMARTS) is 1. The lowest BCUT2D eigenvalue weighted by molar-refractivity contribution is -0.384. The number of aromatic nitrogens is 1. The van der Waals surface area contributed by atoms with Gasteiger partial charge >= 0.3 is 11.7 Å². The van der Waals surface area contributed by atoms with Gasteiger partial charge in [0.2, 0.25) is 5.82 Å². The number of nitrogens with one attached hydrogen (secondary N) is 1. The van der Waals surface area contributed by atoms with Crippen LogP contribution >= 0.6 is 0 Å². The van der Waals surface area contributed by atoms with E-state index < -0.39 is 16.8 Å². The fourth-order valence-electron chi connectivity index (χ4n) is 2.32. The van der Waals surface area contributed by atoms with Crippen LogP contribution in [0.4, 0.5) is 17.3 Å². The van der Waals surface area contributed by atoms with E-state index in [-0.39, 0.29) is 17.5 Å². The Morgan fingerprint density at radius 3 is 2.84 bits per heavy atom. The summed E-state index contributed by atoms with van der Waals surface area (Å²) in [5.41, 5.74) is 5.22. The van der Waals surface area contributed by atoms with Gasteiger partial charge in [0.15, 0.2) is 0 Å². The predicted molar refractivity (Wildman–Crippen MR) is 67.7 cm³/mol. The molecule has 19 heavy (non-hydrogen) atoms. The number of hydrogen-bond donors (Lipinski definition) is 3. The van der Waals surface area contributed by atoms with Crippen molar-refractivity contribution in [2.24, 2.45) is 5.92 Å². The van der Waals surface area contributed by atoms with E-state index in [1.807, 2.05) is 0 Å². The molecule has 1 aliphatic rings. The Kier molecular flexibility index (Phi) is 3.50. The highest BCUT2D eigenvalue weighted by Gasteiger charge is 2.33. The Morgan fingerprint density at radius 1 is 1.53 bits per heavy atom. The van der Waals surface area contributed by atoms with Gasteiger partial charge in [-0.15, -0.1) is 0 Å². The van der Waals surface area contributed by atoms with Gasteiger partial charge < -0.3 is 16.2 Å². The second-order valence-electron chi connectivity index (χ2n) is 4.48. The Bertz CT molecular complexity index is 519. The second-order valence-corrected chi connectivity index (χ2v) is 4.48. The van der Waals surface area contributed by atoms with E-state index in [0.29, 0.717) is 12.2 Å². The number of pyridine rings is 1. The van der Waals surface area contributed by atoms with Gasteiger partial charge in [-0.25, -0.2) is 4.98 Å². The summed E-state index contributed by atoms with van der Waals surface area (Å²) in [4.78, 5) is 24.9. The van der Waals surface area contributed by atoms with Gasteiger partial charge in [-0.05, 0) is 18.9 Å². The SMILES string of the molecule is Nc1nc(NC2CCCC2C(=O)O)ccc1[N+](=O)[O-]. The second kappa shape index (κ2) is 5.09. The molecule has 1 heterocycles. The molecule has 0 radical (unpaired) electrons. The molecule has 2 rings (SSSR count). The number of carbonyl (C=O) groups is 1. The fourth-order valence-corrected chi connectivity index (χ4v) is 2.32. The van der Waals surface area contributed by atoms with Crippen molar-refractivity contribution in [2.75, 3.05) is 11.1 Å². The van der Waals surface area contributed by atoms with Gasteiger partial charge in [-0.2, -0.15) is 0 Å². The van der Waals surface area contributed by atoms with E-state index in [2.05, 4.69) is 10.3 Å². The number of carboxylic acids is 1. The zero-order valence-corrected chi connectivity index (χ0v) is 10.1. The Morgan fingerprint density at radius 2 is 2.26 bits per heavy atom. The molecule has 0 spiro atoms. The van der Waals surface area contributed by atoms with E-state index in [9.17, 15) is 14.9 Å². The van der Waals surface area contributed by atoms with Gasteiger partial charge in [-0.1, -0.05) is 6.42 Å². The standard InChI is InChI=1S/C11H14N4O4/c12-10-8(15(18)19)4-5-9(14-10)13-7-3-1-2-6(7)11(16)17/h4-7H,1-3H2,(H,16,17)(H3,12,13,14). The maximum absolute atomic E-state index is 11.0. The number of nitro groups is 1. The first-order chi connectivity index (χ1) is 8.99. The van der Waals surface area contributed by atoms with Crippen LogP contribution in [0.3, 0.4) is 0 Å². The van der Waals surface area contributed by atoms with Gasteiger partial charge in [0.05, 0.1) is 10.8 Å². The summed E-state index contributed by atoms with van der Waals surface area (Å²) in [7, 11) is 0. The van der Waals surface area contributed by atoms with Gasteiger partial charge in [0, 0.05) is 12.1 Å². The maximum Gasteiger partial charge on any atom is 0.311 e. The molecule has 0 aliphatic heterocycles. The molecular weight excluding hydrogens is 252 g/mol. The van der Waals surface area contributed by atoms with Crippen LogP contribution in [0.5, 0.6) is 0 Å². The summed E-state index contributed by atoms with van der Waals surface area (Å²) in [5, 5.41) is 22.6. The molecule has 0 bridgehead atoms. The molecule has 102 valence electrons. The molecule has 4 N–H and O–H groups in total. The van der Waals surface area contributed by atoms with Crippen LogP contribution in [-0.4, -0.2) is 27.0 Å². The van der Waals surface area contributed by atoms with Crippen LogP contribution < -0.4 is 11.1 Å². The average molecular weight is 266 g/mol. The number of hydrogen-bond acceptors (Lipinski definition) is 6. The van der Waals surface area contributed by atoms with E-state index in [4.69, 9.17) is 10.8 Å². The predicted octanol–water partition coefficient (Wildman–Crippen LogP) is 1.24. The van der Waals surface area contributed by atoms with E-state index in [0.717, 1.165) is 12.8 Å². The molecule has 8 heteroatoms. The van der Waals surface area contributed by atoms with Crippen LogP contribution in [0.1, 0.15) is 19.3 Å². The minimum atomic E-state index is -0.843. The third-order valence-corrected chi connectivity index (χ3v) is 3.27. The smallest absolute Gasteiger partial charge is 0.311 e. The van der Waals surface area contributed by atoms with Crippen LogP contribution in [0.25, 0.3) is 0 Å². The van der Waals surface area contributed by atoms with Crippen molar-refractivity contribution in [3.05, 3.63) is 22.2 Å². The molecule has 1 saturated carbocycles. The van der Waals surface area contributed by atoms with Gasteiger partial charge in [-0.3, -0.25) is 14.9 Å². The topological polar surface area (TPSA) is 131 Å². The molecular formula is C11H14N4O4. The third kappa shape index (κ3) is 2.72. The number of nitrogens with zero attached hydrogens (tertiary/aromatic N) is 2. The van der Waals surface area contributed by atoms with Crippen molar-refractivity contribution in [1.29, 1.82) is 0 Å². The molecule has 1 aromatic rings. The summed E-state index contributed by atoms with van der Waals surface area (Å²) < 4.78 is 0. The average Bonchev–Trinajstić information content (AvgIpc) is 2.76. The van der Waals surface area contributed by atoms with Crippen LogP contribution in [-0.2, 0) is 4.79 Å². The monoisotopic (exact) mass is 266 g/mol. The van der Waals surface area contributed by atoms with E-state index in [1.165, 1.54) is 12.1 Å². The Hall–Kier alpha value is -2.38. The molecule has 1 aliphatic carbocycles. The highest BCUT2D eigenvalue weighted by Crippen LogP contribution is 2.29. The van der Waals surface area contributed by atoms with Crippen molar-refractivity contribution in [1.82, 2.24) is 4.98 Å². The first-order valence-electron chi connectivity index (χ1n) is 5.89. The first-order valence-corrected chi connectivity index (χ1v) is 5.89. The molecule has 2 unspecified atom stereocenters. The Balaban J connectivity index is 2.13. The van der Waals surface area contributed by atoms with Crippen molar-refractivity contribution in [3.63, 3.8) is 0 Å². The zero-order chi connectivity index (χ0) is 14.0. The lowest BCUT2D eigenvalue weighted by atomic mass is 10.0. The van der Waals surface area contributed by atoms with Crippen molar-refractivity contribution < 1.29 is 14.8 Å². The largest absolute Gasteiger partial charge is 0.481 e. The number of nitrogen functional groups attached to an aromatic ring is 1. The summed E-state index contributed by atoms with van der Waals surface area (Å²) >= 11 is 0. The quantitative estimate of drug-likeness (QED) is 0.551. The number of aliphatic carboxylic acids is 1. The molecule has 0 saturated heterocycles. The van der Waals surface area contributed by atoms with Crippen molar-refractivity contribution >= 4 is 23.3 Å². The fraction of sp³-hybridized carbons (Fsp3) is 0.455. The van der Waals surface area contributed by atoms with Crippen molar-refractivity contribution in [3.8, 4) is 0 Å². The van der Waals surface area contributed by atoms with E-state index >= 15 is 0 Å². The summed E-state index contributed by atoms with van der Waals surface area (Å²) in [5.74, 6) is -1.12. The van der Waals surface area contributed by atoms with Gasteiger partial charge in [0.1, 0.15) is 5.82 Å². The lowest BCUT2D eigenvalue weighted by Gasteiger charge is -2.18. The van der Waals surface area contributed by atoms with Crippen LogP contribution in [0.2, 0.25) is 0 Å². The summed E-state index contributed by atoms with van der Waals surface area (Å²) in [6.45, 7) is 0. The number of nitrogens with two attached hydrogens (primary N) is 1. The third-order valence-electron chi connectivity index (χ3n) is 3.27. The number of rotatable bonds is 4. The van der Waals surface area contributed by atoms with Crippen molar-refractivity contribution in [2.45, 2.75) is 25.3 Å². The zero-order valence-electron chi connectivity index (χ0n) is 10.1. The lowest BCUT2D eigenvalue weighted by Crippen LogP contribution is -2.30. The van der Waals surface area contributed by atoms with E-state index in [1.54, 1.807) is 0 Å². The van der Waals surface area contributed by atoms with Gasteiger partial charge in [0.25, 0.3) is 0 Å². The van der Waals surface area contributed by atoms with Crippen LogP contribution in [0, 0.1) is 16.0 Å². The summed E-state index contributed by atoms with van der Waals surface area (Å²) in [6.07, 6.45) is 2.18. The highest BCUT2D eigenvalue weighted by atomic mass is 16.6. The molecule has 8 nitrogen and oxygen atoms in total. The van der Waals surface area contributed by atoms with Crippen LogP contribution in [0.15, 0.2) is 12.1 Å². The molecule has 0 aromatic carbocycles. The highest BCUT2D eigenvalue weighted by molar-refractivity contribution is 5.72. The number of anilines is 2. The molecule has 2 atom stereocenters. The molecule has 1 fully saturated rings. The normalized spacial score (nSPS) is 22.1. The Labute approximate surface area is 108 Å². The minimum absolute atomic E-state index is 0.181.